The Kier molecular flexibility index (Phi) is 8.03. The lowest BCUT2D eigenvalue weighted by atomic mass is 9.88. The summed E-state index contributed by atoms with van der Waals surface area (Å²) in [4.78, 5) is 39.6. The van der Waals surface area contributed by atoms with Crippen LogP contribution in [0.1, 0.15) is 45.6 Å². The van der Waals surface area contributed by atoms with Gasteiger partial charge in [-0.2, -0.15) is 0 Å². The zero-order chi connectivity index (χ0) is 20.7. The molecule has 6 nitrogen and oxygen atoms in total. The Balaban J connectivity index is 2.05. The van der Waals surface area contributed by atoms with Gasteiger partial charge in [0, 0.05) is 32.0 Å². The molecule has 0 bridgehead atoms. The molecule has 2 unspecified atom stereocenters. The zero-order valence-corrected chi connectivity index (χ0v) is 17.1. The number of carbonyl (C=O) groups excluding carboxylic acids is 2. The molecule has 1 aliphatic rings. The Morgan fingerprint density at radius 3 is 2.39 bits per heavy atom. The van der Waals surface area contributed by atoms with Gasteiger partial charge in [-0.3, -0.25) is 14.4 Å². The quantitative estimate of drug-likeness (QED) is 0.779. The summed E-state index contributed by atoms with van der Waals surface area (Å²) < 4.78 is 0. The van der Waals surface area contributed by atoms with Crippen molar-refractivity contribution in [2.75, 3.05) is 19.6 Å². The lowest BCUT2D eigenvalue weighted by molar-refractivity contribution is -0.145. The van der Waals surface area contributed by atoms with Gasteiger partial charge in [0.05, 0.1) is 0 Å². The summed E-state index contributed by atoms with van der Waals surface area (Å²) in [6.45, 7) is 6.51. The van der Waals surface area contributed by atoms with Gasteiger partial charge in [-0.25, -0.2) is 0 Å². The summed E-state index contributed by atoms with van der Waals surface area (Å²) in [6, 6.07) is 9.94. The summed E-state index contributed by atoms with van der Waals surface area (Å²) in [5.74, 6) is -0.923. The molecule has 154 valence electrons. The Hall–Kier alpha value is -2.37. The van der Waals surface area contributed by atoms with E-state index >= 15 is 0 Å². The van der Waals surface area contributed by atoms with Crippen molar-refractivity contribution in [3.05, 3.63) is 35.9 Å². The third kappa shape index (κ3) is 6.08. The molecular formula is C22H32N2O4. The first-order valence-corrected chi connectivity index (χ1v) is 10.1. The van der Waals surface area contributed by atoms with Gasteiger partial charge in [-0.15, -0.1) is 0 Å². The van der Waals surface area contributed by atoms with Gasteiger partial charge in [-0.1, -0.05) is 44.2 Å². The highest BCUT2D eigenvalue weighted by atomic mass is 16.4. The van der Waals surface area contributed by atoms with E-state index in [4.69, 9.17) is 5.11 Å². The minimum Gasteiger partial charge on any atom is -0.480 e. The minimum absolute atomic E-state index is 0.0816. The smallest absolute Gasteiger partial charge is 0.323 e. The number of amides is 2. The second kappa shape index (κ2) is 10.2. The average Bonchev–Trinajstić information content (AvgIpc) is 2.90. The molecule has 0 aliphatic carbocycles. The van der Waals surface area contributed by atoms with E-state index in [-0.39, 0.29) is 36.2 Å². The van der Waals surface area contributed by atoms with Gasteiger partial charge in [0.25, 0.3) is 0 Å². The molecule has 0 spiro atoms. The lowest BCUT2D eigenvalue weighted by Gasteiger charge is -2.30. The highest BCUT2D eigenvalue weighted by Crippen LogP contribution is 2.23. The number of carboxylic acid groups (broad SMARTS) is 1. The molecule has 0 radical (unpaired) electrons. The van der Waals surface area contributed by atoms with Crippen molar-refractivity contribution in [3.8, 4) is 0 Å². The van der Waals surface area contributed by atoms with Crippen LogP contribution < -0.4 is 0 Å². The maximum Gasteiger partial charge on any atom is 0.323 e. The Bertz CT molecular complexity index is 674. The summed E-state index contributed by atoms with van der Waals surface area (Å²) in [5.41, 5.74) is 1.16. The van der Waals surface area contributed by atoms with Gasteiger partial charge in [0.15, 0.2) is 0 Å². The molecule has 1 aromatic carbocycles. The second-order valence-corrected chi connectivity index (χ2v) is 7.99. The number of nitrogens with zero attached hydrogens (tertiary/aromatic N) is 2. The number of carboxylic acids is 1. The van der Waals surface area contributed by atoms with Crippen molar-refractivity contribution in [1.82, 2.24) is 9.80 Å². The molecule has 2 rings (SSSR count). The maximum atomic E-state index is 13.2. The van der Waals surface area contributed by atoms with E-state index in [1.54, 1.807) is 0 Å². The molecule has 1 fully saturated rings. The van der Waals surface area contributed by atoms with Crippen LogP contribution in [0.2, 0.25) is 0 Å². The van der Waals surface area contributed by atoms with E-state index in [1.807, 2.05) is 23.1 Å². The highest BCUT2D eigenvalue weighted by molar-refractivity contribution is 5.80. The van der Waals surface area contributed by atoms with Gasteiger partial charge in [0.2, 0.25) is 11.8 Å². The summed E-state index contributed by atoms with van der Waals surface area (Å²) in [7, 11) is 0. The Morgan fingerprint density at radius 1 is 1.14 bits per heavy atom. The van der Waals surface area contributed by atoms with E-state index in [0.29, 0.717) is 19.5 Å². The number of benzene rings is 1. The van der Waals surface area contributed by atoms with Gasteiger partial charge in [-0.05, 0) is 37.2 Å². The van der Waals surface area contributed by atoms with Crippen molar-refractivity contribution < 1.29 is 19.5 Å². The topological polar surface area (TPSA) is 77.9 Å². The van der Waals surface area contributed by atoms with E-state index in [0.717, 1.165) is 24.8 Å². The predicted molar refractivity (Wildman–Crippen MR) is 108 cm³/mol. The SMILES string of the molecule is CC(=O)N(CC(=O)O)C1CCCN(C(=O)C(Cc2ccccc2)C(C)C)CC1. The normalized spacial score (nSPS) is 18.4. The number of carbonyl (C=O) groups is 3. The van der Waals surface area contributed by atoms with Gasteiger partial charge >= 0.3 is 5.97 Å². The van der Waals surface area contributed by atoms with E-state index in [2.05, 4.69) is 26.0 Å². The predicted octanol–water partition coefficient (Wildman–Crippen LogP) is 2.82. The first-order chi connectivity index (χ1) is 13.3. The molecular weight excluding hydrogens is 356 g/mol. The molecule has 2 amide bonds. The third-order valence-corrected chi connectivity index (χ3v) is 5.58. The monoisotopic (exact) mass is 388 g/mol. The third-order valence-electron chi connectivity index (χ3n) is 5.58. The van der Waals surface area contributed by atoms with E-state index in [9.17, 15) is 14.4 Å². The summed E-state index contributed by atoms with van der Waals surface area (Å²) in [6.07, 6.45) is 2.84. The fourth-order valence-corrected chi connectivity index (χ4v) is 3.96. The molecule has 1 aromatic rings. The molecule has 28 heavy (non-hydrogen) atoms. The van der Waals surface area contributed by atoms with Crippen LogP contribution in [-0.4, -0.2) is 58.4 Å². The molecule has 1 heterocycles. The first kappa shape index (κ1) is 21.9. The number of hydrogen-bond donors (Lipinski definition) is 1. The van der Waals surface area contributed by atoms with Crippen LogP contribution in [0.25, 0.3) is 0 Å². The van der Waals surface area contributed by atoms with E-state index < -0.39 is 5.97 Å². The van der Waals surface area contributed by atoms with Crippen LogP contribution in [0.4, 0.5) is 0 Å². The van der Waals surface area contributed by atoms with Crippen LogP contribution in [0, 0.1) is 11.8 Å². The standard InChI is InChI=1S/C22H32N2O4/c1-16(2)20(14-18-8-5-4-6-9-18)22(28)23-12-7-10-19(11-13-23)24(17(3)25)15-21(26)27/h4-6,8-9,16,19-20H,7,10-15H2,1-3H3,(H,26,27). The summed E-state index contributed by atoms with van der Waals surface area (Å²) in [5, 5.41) is 9.09. The molecule has 0 saturated carbocycles. The van der Waals surface area contributed by atoms with Crippen molar-refractivity contribution in [2.45, 2.75) is 52.5 Å². The fraction of sp³-hybridized carbons (Fsp3) is 0.591. The van der Waals surface area contributed by atoms with Gasteiger partial charge < -0.3 is 14.9 Å². The average molecular weight is 389 g/mol. The molecule has 1 saturated heterocycles. The number of likely N-dealkylation sites (tertiary alicyclic amines) is 1. The molecule has 6 heteroatoms. The molecule has 0 aromatic heterocycles. The van der Waals surface area contributed by atoms with Crippen LogP contribution in [-0.2, 0) is 20.8 Å². The van der Waals surface area contributed by atoms with Crippen molar-refractivity contribution in [3.63, 3.8) is 0 Å². The highest BCUT2D eigenvalue weighted by Gasteiger charge is 2.31. The van der Waals surface area contributed by atoms with Crippen LogP contribution >= 0.6 is 0 Å². The molecule has 1 aliphatic heterocycles. The number of rotatable bonds is 7. The van der Waals surface area contributed by atoms with Crippen molar-refractivity contribution >= 4 is 17.8 Å². The van der Waals surface area contributed by atoms with Crippen molar-refractivity contribution in [1.29, 1.82) is 0 Å². The Morgan fingerprint density at radius 2 is 1.82 bits per heavy atom. The Labute approximate surface area is 167 Å². The minimum atomic E-state index is -1.00. The fourth-order valence-electron chi connectivity index (χ4n) is 3.96. The summed E-state index contributed by atoms with van der Waals surface area (Å²) >= 11 is 0. The second-order valence-electron chi connectivity index (χ2n) is 7.99. The van der Waals surface area contributed by atoms with Crippen LogP contribution in [0.5, 0.6) is 0 Å². The number of hydrogen-bond acceptors (Lipinski definition) is 3. The number of aliphatic carboxylic acids is 1. The van der Waals surface area contributed by atoms with Crippen LogP contribution in [0.3, 0.4) is 0 Å². The first-order valence-electron chi connectivity index (χ1n) is 10.1. The molecule has 1 N–H and O–H groups in total. The molecule has 2 atom stereocenters. The lowest BCUT2D eigenvalue weighted by Crippen LogP contribution is -2.43. The van der Waals surface area contributed by atoms with Crippen molar-refractivity contribution in [2.24, 2.45) is 11.8 Å². The zero-order valence-electron chi connectivity index (χ0n) is 17.1. The van der Waals surface area contributed by atoms with Gasteiger partial charge in [0.1, 0.15) is 6.54 Å². The maximum absolute atomic E-state index is 13.2. The van der Waals surface area contributed by atoms with Crippen LogP contribution in [0.15, 0.2) is 30.3 Å². The van der Waals surface area contributed by atoms with E-state index in [1.165, 1.54) is 11.8 Å². The largest absolute Gasteiger partial charge is 0.480 e.